The molecule has 0 aliphatic rings. The number of halogens is 3. The van der Waals surface area contributed by atoms with Crippen LogP contribution in [0.4, 0.5) is 0 Å². The van der Waals surface area contributed by atoms with Crippen molar-refractivity contribution in [1.29, 1.82) is 0 Å². The van der Waals surface area contributed by atoms with Crippen molar-refractivity contribution in [3.05, 3.63) is 33.3 Å². The summed E-state index contributed by atoms with van der Waals surface area (Å²) in [7, 11) is 0. The van der Waals surface area contributed by atoms with Crippen LogP contribution < -0.4 is 0 Å². The molecule has 1 aromatic carbocycles. The first-order valence-electron chi connectivity index (χ1n) is 3.61. The summed E-state index contributed by atoms with van der Waals surface area (Å²) in [5.41, 5.74) is 1.46. The van der Waals surface area contributed by atoms with Gasteiger partial charge in [0.2, 0.25) is 0 Å². The first-order valence-corrected chi connectivity index (χ1v) is 5.49. The second kappa shape index (κ2) is 4.45. The van der Waals surface area contributed by atoms with E-state index in [1.54, 1.807) is 12.1 Å². The number of Topliss-reactive ketones (excluding diaryl/α,β-unsaturated/α-hetero) is 1. The van der Waals surface area contributed by atoms with Crippen LogP contribution in [-0.4, -0.2) is 11.1 Å². The third kappa shape index (κ3) is 2.46. The van der Waals surface area contributed by atoms with E-state index in [9.17, 15) is 4.79 Å². The summed E-state index contributed by atoms with van der Waals surface area (Å²) in [5.74, 6) is 0.0102. The van der Waals surface area contributed by atoms with E-state index >= 15 is 0 Å². The SMILES string of the molecule is Cc1cc(Cl)c(Cl)cc1C(=O)CBr. The van der Waals surface area contributed by atoms with Crippen LogP contribution in [0.2, 0.25) is 10.0 Å². The molecule has 0 unspecified atom stereocenters. The van der Waals surface area contributed by atoms with E-state index in [1.165, 1.54) is 0 Å². The maximum Gasteiger partial charge on any atom is 0.173 e. The Morgan fingerprint density at radius 2 is 1.92 bits per heavy atom. The highest BCUT2D eigenvalue weighted by Gasteiger charge is 2.10. The molecule has 4 heteroatoms. The molecule has 0 amide bonds. The van der Waals surface area contributed by atoms with Crippen LogP contribution in [-0.2, 0) is 0 Å². The number of hydrogen-bond donors (Lipinski definition) is 0. The van der Waals surface area contributed by atoms with E-state index in [4.69, 9.17) is 23.2 Å². The van der Waals surface area contributed by atoms with E-state index in [2.05, 4.69) is 15.9 Å². The highest BCUT2D eigenvalue weighted by atomic mass is 79.9. The second-order valence-electron chi connectivity index (χ2n) is 2.64. The monoisotopic (exact) mass is 280 g/mol. The van der Waals surface area contributed by atoms with Gasteiger partial charge in [0.1, 0.15) is 0 Å². The fraction of sp³-hybridized carbons (Fsp3) is 0.222. The Morgan fingerprint density at radius 1 is 1.38 bits per heavy atom. The molecular formula is C9H7BrCl2O. The summed E-state index contributed by atoms with van der Waals surface area (Å²) in [6.45, 7) is 1.83. The molecule has 0 aliphatic heterocycles. The van der Waals surface area contributed by atoms with E-state index in [-0.39, 0.29) is 5.78 Å². The molecule has 0 N–H and O–H groups in total. The van der Waals surface area contributed by atoms with E-state index in [0.29, 0.717) is 20.9 Å². The summed E-state index contributed by atoms with van der Waals surface area (Å²) < 4.78 is 0. The zero-order valence-corrected chi connectivity index (χ0v) is 10.0. The topological polar surface area (TPSA) is 17.1 Å². The predicted molar refractivity (Wildman–Crippen MR) is 59.3 cm³/mol. The van der Waals surface area contributed by atoms with Gasteiger partial charge in [0.15, 0.2) is 5.78 Å². The first-order chi connectivity index (χ1) is 6.06. The minimum Gasteiger partial charge on any atom is -0.293 e. The van der Waals surface area contributed by atoms with Gasteiger partial charge >= 0.3 is 0 Å². The first kappa shape index (κ1) is 11.0. The van der Waals surface area contributed by atoms with E-state index < -0.39 is 0 Å². The Kier molecular flexibility index (Phi) is 3.77. The number of carbonyl (C=O) groups is 1. The second-order valence-corrected chi connectivity index (χ2v) is 4.01. The van der Waals surface area contributed by atoms with Gasteiger partial charge in [-0.05, 0) is 24.6 Å². The summed E-state index contributed by atoms with van der Waals surface area (Å²) in [4.78, 5) is 11.3. The third-order valence-electron chi connectivity index (χ3n) is 1.69. The number of aryl methyl sites for hydroxylation is 1. The molecule has 0 aliphatic carbocycles. The number of alkyl halides is 1. The molecule has 70 valence electrons. The maximum absolute atomic E-state index is 11.3. The fourth-order valence-corrected chi connectivity index (χ4v) is 1.70. The lowest BCUT2D eigenvalue weighted by Crippen LogP contribution is -2.02. The molecular weight excluding hydrogens is 275 g/mol. The Bertz CT molecular complexity index is 350. The largest absolute Gasteiger partial charge is 0.293 e. The van der Waals surface area contributed by atoms with Gasteiger partial charge in [0, 0.05) is 5.56 Å². The lowest BCUT2D eigenvalue weighted by atomic mass is 10.1. The Hall–Kier alpha value is -0.0500. The van der Waals surface area contributed by atoms with Crippen molar-refractivity contribution in [3.63, 3.8) is 0 Å². The van der Waals surface area contributed by atoms with Crippen LogP contribution in [0.15, 0.2) is 12.1 Å². The fourth-order valence-electron chi connectivity index (χ4n) is 1.02. The molecule has 0 fully saturated rings. The van der Waals surface area contributed by atoms with Crippen molar-refractivity contribution in [2.75, 3.05) is 5.33 Å². The predicted octanol–water partition coefficient (Wildman–Crippen LogP) is 3.88. The van der Waals surface area contributed by atoms with Crippen LogP contribution >= 0.6 is 39.1 Å². The molecule has 0 saturated carbocycles. The van der Waals surface area contributed by atoms with Crippen LogP contribution in [0.1, 0.15) is 15.9 Å². The highest BCUT2D eigenvalue weighted by Crippen LogP contribution is 2.25. The average Bonchev–Trinajstić information content (AvgIpc) is 2.10. The summed E-state index contributed by atoms with van der Waals surface area (Å²) in [6, 6.07) is 3.29. The van der Waals surface area contributed by atoms with Crippen LogP contribution in [0.3, 0.4) is 0 Å². The summed E-state index contributed by atoms with van der Waals surface area (Å²) in [5, 5.41) is 1.19. The third-order valence-corrected chi connectivity index (χ3v) is 2.92. The molecule has 0 aromatic heterocycles. The van der Waals surface area contributed by atoms with Crippen LogP contribution in [0.5, 0.6) is 0 Å². The van der Waals surface area contributed by atoms with Gasteiger partial charge in [-0.15, -0.1) is 0 Å². The molecule has 0 heterocycles. The quantitative estimate of drug-likeness (QED) is 0.594. The Labute approximate surface area is 95.2 Å². The lowest BCUT2D eigenvalue weighted by molar-refractivity contribution is 0.102. The molecule has 1 rings (SSSR count). The summed E-state index contributed by atoms with van der Waals surface area (Å²) in [6.07, 6.45) is 0. The molecule has 13 heavy (non-hydrogen) atoms. The Morgan fingerprint density at radius 3 is 2.46 bits per heavy atom. The lowest BCUT2D eigenvalue weighted by Gasteiger charge is -2.04. The van der Waals surface area contributed by atoms with Gasteiger partial charge < -0.3 is 0 Å². The Balaban J connectivity index is 3.23. The van der Waals surface area contributed by atoms with Crippen LogP contribution in [0.25, 0.3) is 0 Å². The number of ketones is 1. The number of carbonyl (C=O) groups excluding carboxylic acids is 1. The van der Waals surface area contributed by atoms with Gasteiger partial charge in [-0.2, -0.15) is 0 Å². The molecule has 0 bridgehead atoms. The van der Waals surface area contributed by atoms with Crippen molar-refractivity contribution in [2.24, 2.45) is 0 Å². The highest BCUT2D eigenvalue weighted by molar-refractivity contribution is 9.09. The zero-order valence-electron chi connectivity index (χ0n) is 6.90. The molecule has 0 radical (unpaired) electrons. The van der Waals surface area contributed by atoms with Crippen molar-refractivity contribution >= 4 is 44.9 Å². The smallest absolute Gasteiger partial charge is 0.173 e. The standard InChI is InChI=1S/C9H7BrCl2O/c1-5-2-7(11)8(12)3-6(5)9(13)4-10/h2-3H,4H2,1H3. The summed E-state index contributed by atoms with van der Waals surface area (Å²) >= 11 is 14.7. The van der Waals surface area contributed by atoms with Gasteiger partial charge in [-0.25, -0.2) is 0 Å². The molecule has 0 atom stereocenters. The maximum atomic E-state index is 11.3. The van der Waals surface area contributed by atoms with Gasteiger partial charge in [0.25, 0.3) is 0 Å². The molecule has 1 aromatic rings. The molecule has 0 spiro atoms. The van der Waals surface area contributed by atoms with Crippen molar-refractivity contribution < 1.29 is 4.79 Å². The van der Waals surface area contributed by atoms with Crippen molar-refractivity contribution in [2.45, 2.75) is 6.92 Å². The van der Waals surface area contributed by atoms with Crippen LogP contribution in [0, 0.1) is 6.92 Å². The minimum absolute atomic E-state index is 0.0102. The van der Waals surface area contributed by atoms with Gasteiger partial charge in [0.05, 0.1) is 15.4 Å². The van der Waals surface area contributed by atoms with Gasteiger partial charge in [-0.1, -0.05) is 39.1 Å². The number of benzene rings is 1. The number of rotatable bonds is 2. The molecule has 1 nitrogen and oxygen atoms in total. The van der Waals surface area contributed by atoms with E-state index in [1.807, 2.05) is 6.92 Å². The average molecular weight is 282 g/mol. The van der Waals surface area contributed by atoms with Gasteiger partial charge in [-0.3, -0.25) is 4.79 Å². The van der Waals surface area contributed by atoms with Crippen molar-refractivity contribution in [3.8, 4) is 0 Å². The van der Waals surface area contributed by atoms with E-state index in [0.717, 1.165) is 5.56 Å². The van der Waals surface area contributed by atoms with Crippen molar-refractivity contribution in [1.82, 2.24) is 0 Å². The number of hydrogen-bond acceptors (Lipinski definition) is 1. The molecule has 0 saturated heterocycles. The zero-order chi connectivity index (χ0) is 10.0. The minimum atomic E-state index is 0.0102. The normalized spacial score (nSPS) is 10.2.